The van der Waals surface area contributed by atoms with E-state index in [0.29, 0.717) is 18.8 Å². The number of rotatable bonds is 3. The van der Waals surface area contributed by atoms with Crippen molar-refractivity contribution >= 4 is 5.91 Å². The first-order chi connectivity index (χ1) is 12.0. The number of hydrogen-bond acceptors (Lipinski definition) is 4. The lowest BCUT2D eigenvalue weighted by atomic mass is 10.0. The number of carbonyl (C=O) groups is 1. The monoisotopic (exact) mass is 336 g/mol. The van der Waals surface area contributed by atoms with E-state index in [1.54, 1.807) is 9.58 Å². The highest BCUT2D eigenvalue weighted by Gasteiger charge is 2.35. The molecule has 1 aliphatic rings. The van der Waals surface area contributed by atoms with Gasteiger partial charge in [-0.1, -0.05) is 30.3 Å². The van der Waals surface area contributed by atoms with E-state index in [9.17, 15) is 4.79 Å². The van der Waals surface area contributed by atoms with E-state index < -0.39 is 0 Å². The van der Waals surface area contributed by atoms with Crippen molar-refractivity contribution in [3.63, 3.8) is 0 Å². The molecule has 0 saturated carbocycles. The Bertz CT molecular complexity index is 907. The van der Waals surface area contributed by atoms with Crippen LogP contribution in [0, 0.1) is 6.92 Å². The van der Waals surface area contributed by atoms with Gasteiger partial charge in [0.25, 0.3) is 0 Å². The summed E-state index contributed by atoms with van der Waals surface area (Å²) in [5.41, 5.74) is 2.89. The van der Waals surface area contributed by atoms with Crippen LogP contribution in [0.15, 0.2) is 36.4 Å². The first-order valence-electron chi connectivity index (χ1n) is 8.28. The van der Waals surface area contributed by atoms with Crippen molar-refractivity contribution in [2.45, 2.75) is 25.9 Å². The third-order valence-electron chi connectivity index (χ3n) is 4.73. The molecule has 1 amide bonds. The Kier molecular flexibility index (Phi) is 3.63. The van der Waals surface area contributed by atoms with Crippen LogP contribution in [0.25, 0.3) is 11.5 Å². The van der Waals surface area contributed by atoms with Gasteiger partial charge in [0.1, 0.15) is 11.7 Å². The van der Waals surface area contributed by atoms with Crippen LogP contribution in [-0.4, -0.2) is 42.4 Å². The van der Waals surface area contributed by atoms with Gasteiger partial charge in [0.05, 0.1) is 6.54 Å². The van der Waals surface area contributed by atoms with Crippen molar-refractivity contribution in [1.29, 1.82) is 0 Å². The molecule has 4 rings (SSSR count). The summed E-state index contributed by atoms with van der Waals surface area (Å²) in [5.74, 6) is 1.52. The molecule has 0 bridgehead atoms. The maximum Gasteiger partial charge on any atom is 0.246 e. The van der Waals surface area contributed by atoms with E-state index in [1.165, 1.54) is 0 Å². The quantitative estimate of drug-likeness (QED) is 0.731. The maximum atomic E-state index is 12.9. The molecule has 0 spiro atoms. The number of hydrogen-bond donors (Lipinski definition) is 0. The summed E-state index contributed by atoms with van der Waals surface area (Å²) >= 11 is 0. The summed E-state index contributed by atoms with van der Waals surface area (Å²) in [7, 11) is 3.70. The molecule has 7 heteroatoms. The van der Waals surface area contributed by atoms with Crippen LogP contribution in [0.5, 0.6) is 0 Å². The molecule has 7 nitrogen and oxygen atoms in total. The summed E-state index contributed by atoms with van der Waals surface area (Å²) in [6, 6.07) is 11.6. The summed E-state index contributed by atoms with van der Waals surface area (Å²) in [5, 5.41) is 13.2. The van der Waals surface area contributed by atoms with Crippen molar-refractivity contribution < 1.29 is 4.79 Å². The number of fused-ring (bicyclic) bond motifs is 1. The highest BCUT2D eigenvalue weighted by molar-refractivity contribution is 5.82. The van der Waals surface area contributed by atoms with Crippen molar-refractivity contribution in [1.82, 2.24) is 29.4 Å². The van der Waals surface area contributed by atoms with Crippen molar-refractivity contribution in [2.24, 2.45) is 7.05 Å². The van der Waals surface area contributed by atoms with E-state index in [4.69, 9.17) is 0 Å². The van der Waals surface area contributed by atoms with Gasteiger partial charge in [-0.2, -0.15) is 5.10 Å². The molecule has 0 unspecified atom stereocenters. The molecule has 3 heterocycles. The largest absolute Gasteiger partial charge is 0.336 e. The number of likely N-dealkylation sites (N-methyl/N-ethyl adjacent to an activating group) is 1. The van der Waals surface area contributed by atoms with Crippen LogP contribution in [0.2, 0.25) is 0 Å². The predicted molar refractivity (Wildman–Crippen MR) is 92.6 cm³/mol. The Balaban J connectivity index is 1.81. The van der Waals surface area contributed by atoms with Crippen LogP contribution in [0.1, 0.15) is 23.1 Å². The van der Waals surface area contributed by atoms with Crippen LogP contribution >= 0.6 is 0 Å². The maximum absolute atomic E-state index is 12.9. The molecule has 128 valence electrons. The Hall–Kier alpha value is -2.96. The average molecular weight is 336 g/mol. The van der Waals surface area contributed by atoms with Gasteiger partial charge < -0.3 is 4.90 Å². The molecule has 25 heavy (non-hydrogen) atoms. The minimum atomic E-state index is -0.358. The second-order valence-corrected chi connectivity index (χ2v) is 6.50. The SMILES string of the molecule is Cc1cc(-c2nnc3n2[C@@H](Cc2ccccc2)C(=O)N(C)C3)nn1C. The highest BCUT2D eigenvalue weighted by Crippen LogP contribution is 2.29. The second kappa shape index (κ2) is 5.84. The zero-order chi connectivity index (χ0) is 17.6. The molecule has 1 aromatic carbocycles. The topological polar surface area (TPSA) is 68.8 Å². The zero-order valence-electron chi connectivity index (χ0n) is 14.5. The standard InChI is InChI=1S/C18H20N6O/c1-12-9-14(21-23(12)3)17-20-19-16-11-22(2)18(25)15(24(16)17)10-13-7-5-4-6-8-13/h4-9,15H,10-11H2,1-3H3/t15-/m0/s1. The van der Waals surface area contributed by atoms with E-state index in [0.717, 1.165) is 22.8 Å². The third kappa shape index (κ3) is 2.61. The predicted octanol–water partition coefficient (Wildman–Crippen LogP) is 1.74. The van der Waals surface area contributed by atoms with Crippen LogP contribution in [0.4, 0.5) is 0 Å². The highest BCUT2D eigenvalue weighted by atomic mass is 16.2. The number of aromatic nitrogens is 5. The summed E-state index contributed by atoms with van der Waals surface area (Å²) in [6.07, 6.45) is 0.605. The lowest BCUT2D eigenvalue weighted by Crippen LogP contribution is -2.41. The smallest absolute Gasteiger partial charge is 0.246 e. The first kappa shape index (κ1) is 15.6. The van der Waals surface area contributed by atoms with Crippen molar-refractivity contribution in [3.05, 3.63) is 53.5 Å². The number of aryl methyl sites for hydroxylation is 2. The Morgan fingerprint density at radius 3 is 2.60 bits per heavy atom. The van der Waals surface area contributed by atoms with Gasteiger partial charge in [0.2, 0.25) is 5.91 Å². The summed E-state index contributed by atoms with van der Waals surface area (Å²) in [4.78, 5) is 14.6. The molecule has 0 fully saturated rings. The molecule has 0 N–H and O–H groups in total. The van der Waals surface area contributed by atoms with Crippen molar-refractivity contribution in [2.75, 3.05) is 7.05 Å². The van der Waals surface area contributed by atoms with Gasteiger partial charge in [-0.3, -0.25) is 14.0 Å². The van der Waals surface area contributed by atoms with Crippen LogP contribution in [-0.2, 0) is 24.8 Å². The average Bonchev–Trinajstić information content (AvgIpc) is 3.16. The molecule has 0 radical (unpaired) electrons. The zero-order valence-corrected chi connectivity index (χ0v) is 14.5. The Labute approximate surface area is 145 Å². The fraction of sp³-hybridized carbons (Fsp3) is 0.333. The van der Waals surface area contributed by atoms with Gasteiger partial charge in [0.15, 0.2) is 11.6 Å². The number of nitrogens with zero attached hydrogens (tertiary/aromatic N) is 6. The third-order valence-corrected chi connectivity index (χ3v) is 4.73. The second-order valence-electron chi connectivity index (χ2n) is 6.50. The fourth-order valence-corrected chi connectivity index (χ4v) is 3.27. The van der Waals surface area contributed by atoms with Gasteiger partial charge in [0, 0.05) is 26.2 Å². The molecule has 0 aliphatic carbocycles. The minimum absolute atomic E-state index is 0.0741. The molecular weight excluding hydrogens is 316 g/mol. The van der Waals surface area contributed by atoms with E-state index in [-0.39, 0.29) is 11.9 Å². The number of benzene rings is 1. The Morgan fingerprint density at radius 1 is 1.16 bits per heavy atom. The lowest BCUT2D eigenvalue weighted by Gasteiger charge is -2.31. The first-order valence-corrected chi connectivity index (χ1v) is 8.28. The fourth-order valence-electron chi connectivity index (χ4n) is 3.27. The molecule has 1 aliphatic heterocycles. The normalized spacial score (nSPS) is 17.0. The number of carbonyl (C=O) groups excluding carboxylic acids is 1. The van der Waals surface area contributed by atoms with Gasteiger partial charge in [-0.25, -0.2) is 0 Å². The van der Waals surface area contributed by atoms with Crippen LogP contribution < -0.4 is 0 Å². The Morgan fingerprint density at radius 2 is 1.92 bits per heavy atom. The molecular formula is C18H20N6O. The number of amides is 1. The van der Waals surface area contributed by atoms with Crippen LogP contribution in [0.3, 0.4) is 0 Å². The van der Waals surface area contributed by atoms with E-state index in [1.807, 2.05) is 62.0 Å². The van der Waals surface area contributed by atoms with E-state index in [2.05, 4.69) is 15.3 Å². The lowest BCUT2D eigenvalue weighted by molar-refractivity contribution is -0.135. The molecule has 0 saturated heterocycles. The molecule has 3 aromatic rings. The van der Waals surface area contributed by atoms with Gasteiger partial charge in [-0.15, -0.1) is 10.2 Å². The molecule has 2 aromatic heterocycles. The summed E-state index contributed by atoms with van der Waals surface area (Å²) in [6.45, 7) is 2.45. The van der Waals surface area contributed by atoms with Crippen molar-refractivity contribution in [3.8, 4) is 11.5 Å². The summed E-state index contributed by atoms with van der Waals surface area (Å²) < 4.78 is 3.76. The molecule has 1 atom stereocenters. The van der Waals surface area contributed by atoms with Gasteiger partial charge >= 0.3 is 0 Å². The van der Waals surface area contributed by atoms with E-state index >= 15 is 0 Å². The van der Waals surface area contributed by atoms with Gasteiger partial charge in [-0.05, 0) is 18.6 Å². The minimum Gasteiger partial charge on any atom is -0.336 e.